The fraction of sp³-hybridized carbons (Fsp3) is 0.276. The van der Waals surface area contributed by atoms with Gasteiger partial charge in [-0.2, -0.15) is 13.2 Å². The van der Waals surface area contributed by atoms with Crippen LogP contribution >= 0.6 is 0 Å². The summed E-state index contributed by atoms with van der Waals surface area (Å²) in [4.78, 5) is 25.8. The molecule has 1 aliphatic heterocycles. The second-order valence-corrected chi connectivity index (χ2v) is 9.49. The van der Waals surface area contributed by atoms with Gasteiger partial charge >= 0.3 is 6.18 Å². The van der Waals surface area contributed by atoms with Gasteiger partial charge in [0, 0.05) is 79.1 Å². The van der Waals surface area contributed by atoms with Crippen molar-refractivity contribution in [3.8, 4) is 11.1 Å². The van der Waals surface area contributed by atoms with Gasteiger partial charge in [0.2, 0.25) is 0 Å². The number of nitrogens with one attached hydrogen (secondary N) is 1. The Balaban J connectivity index is 1.39. The van der Waals surface area contributed by atoms with Gasteiger partial charge in [-0.05, 0) is 54.6 Å². The van der Waals surface area contributed by atoms with E-state index in [4.69, 9.17) is 0 Å². The normalized spacial score (nSPS) is 15.0. The predicted octanol–water partition coefficient (Wildman–Crippen LogP) is 5.84. The maximum atomic E-state index is 14.8. The van der Waals surface area contributed by atoms with Crippen LogP contribution in [-0.2, 0) is 12.7 Å². The maximum Gasteiger partial charge on any atom is 0.416 e. The van der Waals surface area contributed by atoms with Gasteiger partial charge in [-0.25, -0.2) is 4.39 Å². The highest BCUT2D eigenvalue weighted by molar-refractivity contribution is 6.05. The summed E-state index contributed by atoms with van der Waals surface area (Å²) >= 11 is 0. The first-order chi connectivity index (χ1) is 18.7. The Morgan fingerprint density at radius 1 is 0.974 bits per heavy atom. The molecule has 39 heavy (non-hydrogen) atoms. The number of aromatic nitrogens is 2. The minimum absolute atomic E-state index is 0.00578. The molecule has 0 spiro atoms. The maximum absolute atomic E-state index is 14.8. The highest BCUT2D eigenvalue weighted by Gasteiger charge is 2.34. The van der Waals surface area contributed by atoms with Crippen LogP contribution in [0.1, 0.15) is 28.4 Å². The Hall–Kier alpha value is -3.89. The second kappa shape index (κ2) is 11.1. The number of rotatable bonds is 6. The van der Waals surface area contributed by atoms with E-state index >= 15 is 0 Å². The molecule has 10 heteroatoms. The number of hydrogen-bond donors (Lipinski definition) is 1. The molecule has 4 aromatic rings. The summed E-state index contributed by atoms with van der Waals surface area (Å²) in [6.07, 6.45) is 0.0607. The Labute approximate surface area is 223 Å². The van der Waals surface area contributed by atoms with Crippen molar-refractivity contribution in [2.45, 2.75) is 19.6 Å². The van der Waals surface area contributed by atoms with Crippen LogP contribution in [0, 0.1) is 5.82 Å². The zero-order valence-corrected chi connectivity index (χ0v) is 21.3. The summed E-state index contributed by atoms with van der Waals surface area (Å²) in [5.74, 6) is -1.23. The first kappa shape index (κ1) is 26.7. The first-order valence-corrected chi connectivity index (χ1v) is 12.7. The van der Waals surface area contributed by atoms with Crippen LogP contribution in [0.5, 0.6) is 0 Å². The summed E-state index contributed by atoms with van der Waals surface area (Å²) in [7, 11) is 0. The van der Waals surface area contributed by atoms with Gasteiger partial charge in [-0.1, -0.05) is 13.0 Å². The van der Waals surface area contributed by atoms with Gasteiger partial charge in [-0.15, -0.1) is 0 Å². The number of benzene rings is 2. The molecule has 0 saturated carbocycles. The number of halogens is 4. The predicted molar refractivity (Wildman–Crippen MR) is 142 cm³/mol. The SMILES string of the molecule is CCN1CCN(Cc2ccc(NC(=O)c3ccc(F)c(-c4cncc5cccnc45)c3)cc2C(F)(F)F)CC1. The fourth-order valence-corrected chi connectivity index (χ4v) is 4.83. The van der Waals surface area contributed by atoms with Gasteiger partial charge in [0.15, 0.2) is 0 Å². The van der Waals surface area contributed by atoms with Crippen LogP contribution in [0.2, 0.25) is 0 Å². The Kier molecular flexibility index (Phi) is 7.58. The highest BCUT2D eigenvalue weighted by Crippen LogP contribution is 2.35. The average molecular weight is 538 g/mol. The minimum Gasteiger partial charge on any atom is -0.322 e. The lowest BCUT2D eigenvalue weighted by molar-refractivity contribution is -0.138. The number of pyridine rings is 2. The van der Waals surface area contributed by atoms with Gasteiger partial charge in [-0.3, -0.25) is 19.7 Å². The molecule has 3 heterocycles. The molecule has 1 amide bonds. The molecule has 1 N–H and O–H groups in total. The molecular weight excluding hydrogens is 510 g/mol. The molecule has 0 unspecified atom stereocenters. The average Bonchev–Trinajstić information content (AvgIpc) is 2.93. The standard InChI is InChI=1S/C29H27F4N5O/c1-2-37-10-12-38(13-11-37)18-21-5-7-22(15-25(21)29(31,32)33)36-28(39)19-6-8-26(30)23(14-19)24-17-34-16-20-4-3-9-35-27(20)24/h3-9,14-17H,2,10-13,18H2,1H3,(H,36,39). The monoisotopic (exact) mass is 537 g/mol. The molecule has 5 rings (SSSR count). The van der Waals surface area contributed by atoms with Gasteiger partial charge in [0.25, 0.3) is 5.91 Å². The van der Waals surface area contributed by atoms with Gasteiger partial charge < -0.3 is 10.2 Å². The van der Waals surface area contributed by atoms with E-state index in [1.54, 1.807) is 24.5 Å². The molecule has 1 aliphatic rings. The number of hydrogen-bond acceptors (Lipinski definition) is 5. The van der Waals surface area contributed by atoms with Crippen molar-refractivity contribution >= 4 is 22.5 Å². The van der Waals surface area contributed by atoms with Gasteiger partial charge in [0.05, 0.1) is 11.1 Å². The Morgan fingerprint density at radius 3 is 2.49 bits per heavy atom. The zero-order valence-electron chi connectivity index (χ0n) is 21.3. The molecule has 2 aromatic carbocycles. The van der Waals surface area contributed by atoms with E-state index in [-0.39, 0.29) is 28.9 Å². The topological polar surface area (TPSA) is 61.4 Å². The molecule has 202 valence electrons. The lowest BCUT2D eigenvalue weighted by Crippen LogP contribution is -2.45. The molecule has 1 fully saturated rings. The number of alkyl halides is 3. The third-order valence-corrected chi connectivity index (χ3v) is 7.01. The number of anilines is 1. The van der Waals surface area contributed by atoms with Crippen molar-refractivity contribution in [1.82, 2.24) is 19.8 Å². The fourth-order valence-electron chi connectivity index (χ4n) is 4.83. The smallest absolute Gasteiger partial charge is 0.322 e. The molecule has 6 nitrogen and oxygen atoms in total. The highest BCUT2D eigenvalue weighted by atomic mass is 19.4. The molecule has 0 radical (unpaired) electrons. The lowest BCUT2D eigenvalue weighted by Gasteiger charge is -2.34. The number of carbonyl (C=O) groups excluding carboxylic acids is 1. The number of piperazine rings is 1. The largest absolute Gasteiger partial charge is 0.416 e. The van der Waals surface area contributed by atoms with Crippen molar-refractivity contribution in [2.75, 3.05) is 38.0 Å². The van der Waals surface area contributed by atoms with Crippen molar-refractivity contribution in [2.24, 2.45) is 0 Å². The second-order valence-electron chi connectivity index (χ2n) is 9.49. The van der Waals surface area contributed by atoms with Crippen LogP contribution in [-0.4, -0.2) is 58.4 Å². The third kappa shape index (κ3) is 5.91. The molecule has 0 bridgehead atoms. The quantitative estimate of drug-likeness (QED) is 0.313. The Morgan fingerprint density at radius 2 is 1.74 bits per heavy atom. The van der Waals surface area contributed by atoms with E-state index < -0.39 is 23.5 Å². The number of amides is 1. The van der Waals surface area contributed by atoms with Crippen LogP contribution in [0.4, 0.5) is 23.2 Å². The van der Waals surface area contributed by atoms with Crippen molar-refractivity contribution in [3.05, 3.63) is 89.6 Å². The molecule has 0 aliphatic carbocycles. The van der Waals surface area contributed by atoms with Crippen molar-refractivity contribution in [1.29, 1.82) is 0 Å². The zero-order chi connectivity index (χ0) is 27.6. The summed E-state index contributed by atoms with van der Waals surface area (Å²) in [6, 6.07) is 11.1. The molecule has 2 aromatic heterocycles. The van der Waals surface area contributed by atoms with E-state index in [9.17, 15) is 22.4 Å². The number of carbonyl (C=O) groups is 1. The summed E-state index contributed by atoms with van der Waals surface area (Å²) in [5, 5.41) is 3.24. The van der Waals surface area contributed by atoms with Crippen LogP contribution < -0.4 is 5.32 Å². The first-order valence-electron chi connectivity index (χ1n) is 12.7. The van der Waals surface area contributed by atoms with E-state index in [0.717, 1.165) is 31.8 Å². The lowest BCUT2D eigenvalue weighted by atomic mass is 10.0. The van der Waals surface area contributed by atoms with Crippen LogP contribution in [0.15, 0.2) is 67.1 Å². The van der Waals surface area contributed by atoms with Crippen molar-refractivity contribution < 1.29 is 22.4 Å². The third-order valence-electron chi connectivity index (χ3n) is 7.01. The number of likely N-dealkylation sites (N-methyl/N-ethyl adjacent to an activating group) is 1. The van der Waals surface area contributed by atoms with E-state index in [1.165, 1.54) is 30.5 Å². The molecule has 1 saturated heterocycles. The number of fused-ring (bicyclic) bond motifs is 1. The molecular formula is C29H27F4N5O. The van der Waals surface area contributed by atoms with Crippen molar-refractivity contribution in [3.63, 3.8) is 0 Å². The van der Waals surface area contributed by atoms with E-state index in [1.807, 2.05) is 4.90 Å². The Bertz CT molecular complexity index is 1490. The van der Waals surface area contributed by atoms with E-state index in [0.29, 0.717) is 29.6 Å². The molecule has 0 atom stereocenters. The summed E-state index contributed by atoms with van der Waals surface area (Å²) < 4.78 is 56.8. The number of nitrogens with zero attached hydrogens (tertiary/aromatic N) is 4. The van der Waals surface area contributed by atoms with Gasteiger partial charge in [0.1, 0.15) is 5.82 Å². The summed E-state index contributed by atoms with van der Waals surface area (Å²) in [6.45, 7) is 6.18. The minimum atomic E-state index is -4.58. The van der Waals surface area contributed by atoms with Crippen LogP contribution in [0.3, 0.4) is 0 Å². The van der Waals surface area contributed by atoms with Crippen LogP contribution in [0.25, 0.3) is 22.0 Å². The van der Waals surface area contributed by atoms with E-state index in [2.05, 4.69) is 27.1 Å². The summed E-state index contributed by atoms with van der Waals surface area (Å²) in [5.41, 5.74) is 0.511.